The molecule has 4 heteroatoms. The summed E-state index contributed by atoms with van der Waals surface area (Å²) in [6.07, 6.45) is 2.33. The molecule has 1 rings (SSSR count). The molecule has 0 saturated carbocycles. The lowest BCUT2D eigenvalue weighted by atomic mass is 9.98. The summed E-state index contributed by atoms with van der Waals surface area (Å²) in [6, 6.07) is -0.00907. The summed E-state index contributed by atoms with van der Waals surface area (Å²) < 4.78 is 0. The van der Waals surface area contributed by atoms with Crippen LogP contribution in [-0.2, 0) is 0 Å². The molecule has 4 nitrogen and oxygen atoms in total. The van der Waals surface area contributed by atoms with Crippen molar-refractivity contribution in [3.05, 3.63) is 0 Å². The molecule has 1 aliphatic heterocycles. The van der Waals surface area contributed by atoms with E-state index in [9.17, 15) is 9.90 Å². The van der Waals surface area contributed by atoms with Gasteiger partial charge in [-0.05, 0) is 33.1 Å². The number of rotatable bonds is 1. The van der Waals surface area contributed by atoms with Crippen LogP contribution in [-0.4, -0.2) is 41.3 Å². The third-order valence-corrected chi connectivity index (χ3v) is 2.68. The van der Waals surface area contributed by atoms with Gasteiger partial charge in [-0.25, -0.2) is 4.79 Å². The maximum atomic E-state index is 11.5. The van der Waals surface area contributed by atoms with Gasteiger partial charge in [-0.15, -0.1) is 0 Å². The van der Waals surface area contributed by atoms with E-state index in [2.05, 4.69) is 5.32 Å². The fourth-order valence-electron chi connectivity index (χ4n) is 1.73. The lowest BCUT2D eigenvalue weighted by Gasteiger charge is -2.22. The van der Waals surface area contributed by atoms with Crippen LogP contribution in [0.3, 0.4) is 0 Å². The smallest absolute Gasteiger partial charge is 0.317 e. The van der Waals surface area contributed by atoms with E-state index < -0.39 is 5.60 Å². The second-order valence-corrected chi connectivity index (χ2v) is 4.17. The van der Waals surface area contributed by atoms with Gasteiger partial charge < -0.3 is 15.3 Å². The topological polar surface area (TPSA) is 52.6 Å². The van der Waals surface area contributed by atoms with Gasteiger partial charge in [0.25, 0.3) is 0 Å². The fourth-order valence-corrected chi connectivity index (χ4v) is 1.73. The van der Waals surface area contributed by atoms with Crippen LogP contribution in [0.25, 0.3) is 0 Å². The Morgan fingerprint density at radius 1 is 1.50 bits per heavy atom. The van der Waals surface area contributed by atoms with E-state index in [0.717, 1.165) is 19.4 Å². The zero-order chi connectivity index (χ0) is 10.6. The molecule has 2 amide bonds. The number of nitrogens with zero attached hydrogens (tertiary/aromatic N) is 1. The number of hydrogen-bond acceptors (Lipinski definition) is 2. The molecule has 0 spiro atoms. The molecule has 82 valence electrons. The van der Waals surface area contributed by atoms with Gasteiger partial charge >= 0.3 is 6.03 Å². The minimum Gasteiger partial charge on any atom is -0.390 e. The summed E-state index contributed by atoms with van der Waals surface area (Å²) in [5.74, 6) is 0. The number of carbonyl (C=O) groups excluding carboxylic acids is 1. The van der Waals surface area contributed by atoms with Gasteiger partial charge in [0.05, 0.1) is 5.60 Å². The van der Waals surface area contributed by atoms with Gasteiger partial charge in [0.15, 0.2) is 0 Å². The zero-order valence-electron chi connectivity index (χ0n) is 9.05. The molecular formula is C10H20N2O2. The van der Waals surface area contributed by atoms with Crippen molar-refractivity contribution in [3.63, 3.8) is 0 Å². The minimum absolute atomic E-state index is 0.00907. The SMILES string of the molecule is CCNC(=O)N1CCCC(C)(O)CC1. The van der Waals surface area contributed by atoms with E-state index in [0.29, 0.717) is 19.5 Å². The Kier molecular flexibility index (Phi) is 3.75. The fraction of sp³-hybridized carbons (Fsp3) is 0.900. The van der Waals surface area contributed by atoms with Gasteiger partial charge in [-0.3, -0.25) is 0 Å². The highest BCUT2D eigenvalue weighted by Crippen LogP contribution is 2.21. The maximum Gasteiger partial charge on any atom is 0.317 e. The molecule has 14 heavy (non-hydrogen) atoms. The van der Waals surface area contributed by atoms with Crippen LogP contribution in [0.2, 0.25) is 0 Å². The van der Waals surface area contributed by atoms with Gasteiger partial charge in [0.2, 0.25) is 0 Å². The predicted molar refractivity (Wildman–Crippen MR) is 55.1 cm³/mol. The molecule has 0 aromatic carbocycles. The van der Waals surface area contributed by atoms with Crippen molar-refractivity contribution in [3.8, 4) is 0 Å². The van der Waals surface area contributed by atoms with Crippen molar-refractivity contribution in [2.45, 2.75) is 38.7 Å². The van der Waals surface area contributed by atoms with E-state index in [1.165, 1.54) is 0 Å². The second kappa shape index (κ2) is 4.64. The minimum atomic E-state index is -0.596. The van der Waals surface area contributed by atoms with Crippen LogP contribution in [0.1, 0.15) is 33.1 Å². The van der Waals surface area contributed by atoms with Crippen molar-refractivity contribution in [1.82, 2.24) is 10.2 Å². The Hall–Kier alpha value is -0.770. The largest absolute Gasteiger partial charge is 0.390 e. The highest BCUT2D eigenvalue weighted by Gasteiger charge is 2.26. The Labute approximate surface area is 85.3 Å². The molecular weight excluding hydrogens is 180 g/mol. The van der Waals surface area contributed by atoms with Crippen molar-refractivity contribution >= 4 is 6.03 Å². The normalized spacial score (nSPS) is 28.4. The molecule has 1 unspecified atom stereocenters. The summed E-state index contributed by atoms with van der Waals surface area (Å²) in [6.45, 7) is 5.81. The molecule has 1 fully saturated rings. The summed E-state index contributed by atoms with van der Waals surface area (Å²) in [5, 5.41) is 12.6. The van der Waals surface area contributed by atoms with Crippen molar-refractivity contribution in [2.75, 3.05) is 19.6 Å². The molecule has 2 N–H and O–H groups in total. The Morgan fingerprint density at radius 3 is 2.86 bits per heavy atom. The third-order valence-electron chi connectivity index (χ3n) is 2.68. The predicted octanol–water partition coefficient (Wildman–Crippen LogP) is 0.953. The number of nitrogens with one attached hydrogen (secondary N) is 1. The standard InChI is InChI=1S/C10H20N2O2/c1-3-11-9(13)12-7-4-5-10(2,14)6-8-12/h14H,3-8H2,1-2H3,(H,11,13). The number of amides is 2. The van der Waals surface area contributed by atoms with Crippen LogP contribution >= 0.6 is 0 Å². The summed E-state index contributed by atoms with van der Waals surface area (Å²) >= 11 is 0. The van der Waals surface area contributed by atoms with Crippen molar-refractivity contribution < 1.29 is 9.90 Å². The Bertz CT molecular complexity index is 204. The molecule has 1 atom stereocenters. The van der Waals surface area contributed by atoms with Crippen molar-refractivity contribution in [2.24, 2.45) is 0 Å². The van der Waals surface area contributed by atoms with Crippen LogP contribution in [0.5, 0.6) is 0 Å². The molecule has 0 radical (unpaired) electrons. The van der Waals surface area contributed by atoms with E-state index in [-0.39, 0.29) is 6.03 Å². The van der Waals surface area contributed by atoms with Gasteiger partial charge in [-0.2, -0.15) is 0 Å². The molecule has 0 bridgehead atoms. The maximum absolute atomic E-state index is 11.5. The van der Waals surface area contributed by atoms with Crippen molar-refractivity contribution in [1.29, 1.82) is 0 Å². The van der Waals surface area contributed by atoms with Gasteiger partial charge in [-0.1, -0.05) is 0 Å². The quantitative estimate of drug-likeness (QED) is 0.662. The van der Waals surface area contributed by atoms with Crippen LogP contribution in [0, 0.1) is 0 Å². The number of urea groups is 1. The molecule has 1 saturated heterocycles. The lowest BCUT2D eigenvalue weighted by Crippen LogP contribution is -2.40. The first-order valence-electron chi connectivity index (χ1n) is 5.30. The Morgan fingerprint density at radius 2 is 2.21 bits per heavy atom. The molecule has 1 heterocycles. The lowest BCUT2D eigenvalue weighted by molar-refractivity contribution is 0.0457. The first-order chi connectivity index (χ1) is 6.55. The number of likely N-dealkylation sites (tertiary alicyclic amines) is 1. The number of aliphatic hydroxyl groups is 1. The van der Waals surface area contributed by atoms with Crippen LogP contribution in [0.4, 0.5) is 4.79 Å². The van der Waals surface area contributed by atoms with E-state index in [4.69, 9.17) is 0 Å². The van der Waals surface area contributed by atoms with E-state index in [1.807, 2.05) is 13.8 Å². The van der Waals surface area contributed by atoms with E-state index in [1.54, 1.807) is 4.90 Å². The van der Waals surface area contributed by atoms with Gasteiger partial charge in [0, 0.05) is 19.6 Å². The highest BCUT2D eigenvalue weighted by molar-refractivity contribution is 5.74. The summed E-state index contributed by atoms with van der Waals surface area (Å²) in [7, 11) is 0. The Balaban J connectivity index is 2.45. The summed E-state index contributed by atoms with van der Waals surface area (Å²) in [4.78, 5) is 13.3. The first-order valence-corrected chi connectivity index (χ1v) is 5.30. The van der Waals surface area contributed by atoms with Crippen LogP contribution in [0.15, 0.2) is 0 Å². The molecule has 0 aliphatic carbocycles. The average Bonchev–Trinajstić information content (AvgIpc) is 2.27. The number of hydrogen-bond donors (Lipinski definition) is 2. The summed E-state index contributed by atoms with van der Waals surface area (Å²) in [5.41, 5.74) is -0.596. The second-order valence-electron chi connectivity index (χ2n) is 4.17. The molecule has 0 aromatic rings. The first kappa shape index (κ1) is 11.3. The molecule has 0 aromatic heterocycles. The van der Waals surface area contributed by atoms with E-state index >= 15 is 0 Å². The molecule has 1 aliphatic rings. The average molecular weight is 200 g/mol. The highest BCUT2D eigenvalue weighted by atomic mass is 16.3. The van der Waals surface area contributed by atoms with Crippen LogP contribution < -0.4 is 5.32 Å². The number of carbonyl (C=O) groups is 1. The monoisotopic (exact) mass is 200 g/mol. The third kappa shape index (κ3) is 3.18. The van der Waals surface area contributed by atoms with Gasteiger partial charge in [0.1, 0.15) is 0 Å². The zero-order valence-corrected chi connectivity index (χ0v) is 9.05.